The van der Waals surface area contributed by atoms with E-state index in [1.54, 1.807) is 19.4 Å². The third kappa shape index (κ3) is 3.15. The van der Waals surface area contributed by atoms with E-state index >= 15 is 0 Å². The van der Waals surface area contributed by atoms with Crippen molar-refractivity contribution in [3.63, 3.8) is 0 Å². The topological polar surface area (TPSA) is 66.5 Å². The van der Waals surface area contributed by atoms with Crippen molar-refractivity contribution in [1.82, 2.24) is 10.4 Å². The van der Waals surface area contributed by atoms with Crippen LogP contribution in [-0.2, 0) is 0 Å². The minimum atomic E-state index is -0.236. The Morgan fingerprint density at radius 2 is 1.92 bits per heavy atom. The zero-order valence-electron chi connectivity index (χ0n) is 13.9. The predicted octanol–water partition coefficient (Wildman–Crippen LogP) is 3.56. The van der Waals surface area contributed by atoms with Crippen molar-refractivity contribution < 1.29 is 9.53 Å². The van der Waals surface area contributed by atoms with Gasteiger partial charge in [0.15, 0.2) is 0 Å². The summed E-state index contributed by atoms with van der Waals surface area (Å²) >= 11 is 0. The first kappa shape index (κ1) is 15.8. The Kier molecular flexibility index (Phi) is 4.33. The van der Waals surface area contributed by atoms with Gasteiger partial charge in [0.1, 0.15) is 5.75 Å². The minimum Gasteiger partial charge on any atom is -0.497 e. The molecule has 2 N–H and O–H groups in total. The molecule has 0 fully saturated rings. The van der Waals surface area contributed by atoms with Crippen LogP contribution in [0, 0.1) is 13.8 Å². The molecule has 0 saturated heterocycles. The number of carbonyl (C=O) groups is 1. The highest BCUT2D eigenvalue weighted by molar-refractivity contribution is 5.99. The number of aryl methyl sites for hydroxylation is 2. The highest BCUT2D eigenvalue weighted by atomic mass is 16.5. The van der Waals surface area contributed by atoms with Crippen LogP contribution in [0.5, 0.6) is 5.75 Å². The molecule has 24 heavy (non-hydrogen) atoms. The second-order valence-electron chi connectivity index (χ2n) is 5.61. The predicted molar refractivity (Wildman–Crippen MR) is 95.8 cm³/mol. The maximum absolute atomic E-state index is 12.2. The van der Waals surface area contributed by atoms with Crippen molar-refractivity contribution in [3.05, 3.63) is 64.8 Å². The van der Waals surface area contributed by atoms with Gasteiger partial charge in [-0.05, 0) is 67.4 Å². The highest BCUT2D eigenvalue weighted by Gasteiger charge is 2.09. The van der Waals surface area contributed by atoms with Crippen LogP contribution in [0.3, 0.4) is 0 Å². The Labute approximate surface area is 140 Å². The molecule has 0 aliphatic heterocycles. The summed E-state index contributed by atoms with van der Waals surface area (Å²) in [5, 5.41) is 5.06. The minimum absolute atomic E-state index is 0.236. The number of H-pyrrole nitrogens is 1. The molecule has 5 heteroatoms. The molecule has 0 saturated carbocycles. The van der Waals surface area contributed by atoms with Crippen molar-refractivity contribution in [2.45, 2.75) is 13.8 Å². The van der Waals surface area contributed by atoms with Crippen LogP contribution >= 0.6 is 0 Å². The monoisotopic (exact) mass is 321 g/mol. The third-order valence-electron chi connectivity index (χ3n) is 4.07. The number of nitrogens with one attached hydrogen (secondary N) is 2. The van der Waals surface area contributed by atoms with Gasteiger partial charge in [-0.1, -0.05) is 0 Å². The lowest BCUT2D eigenvalue weighted by Crippen LogP contribution is -2.17. The first-order valence-corrected chi connectivity index (χ1v) is 7.65. The van der Waals surface area contributed by atoms with E-state index in [2.05, 4.69) is 15.5 Å². The molecule has 3 rings (SSSR count). The number of ether oxygens (including phenoxy) is 1. The van der Waals surface area contributed by atoms with E-state index in [1.165, 1.54) is 0 Å². The molecule has 0 radical (unpaired) electrons. The number of hydrazone groups is 1. The normalized spacial score (nSPS) is 11.1. The van der Waals surface area contributed by atoms with E-state index in [1.807, 2.05) is 50.2 Å². The average molecular weight is 321 g/mol. The number of methoxy groups -OCH3 is 1. The summed E-state index contributed by atoms with van der Waals surface area (Å²) in [4.78, 5) is 15.5. The van der Waals surface area contributed by atoms with Crippen molar-refractivity contribution in [2.75, 3.05) is 7.11 Å². The molecule has 1 heterocycles. The van der Waals surface area contributed by atoms with E-state index in [4.69, 9.17) is 4.74 Å². The summed E-state index contributed by atoms with van der Waals surface area (Å²) < 4.78 is 5.10. The van der Waals surface area contributed by atoms with Gasteiger partial charge in [-0.25, -0.2) is 5.43 Å². The SMILES string of the molecule is COc1ccc(/C=N/NC(=O)c2ccc3[nH]c(C)c(C)c3c2)cc1. The molecule has 1 amide bonds. The lowest BCUT2D eigenvalue weighted by atomic mass is 10.1. The van der Waals surface area contributed by atoms with Crippen LogP contribution in [0.2, 0.25) is 0 Å². The molecule has 0 aliphatic rings. The van der Waals surface area contributed by atoms with Crippen molar-refractivity contribution >= 4 is 23.0 Å². The highest BCUT2D eigenvalue weighted by Crippen LogP contribution is 2.22. The quantitative estimate of drug-likeness (QED) is 0.570. The lowest BCUT2D eigenvalue weighted by Gasteiger charge is -2.01. The van der Waals surface area contributed by atoms with E-state index in [-0.39, 0.29) is 5.91 Å². The van der Waals surface area contributed by atoms with Gasteiger partial charge in [0, 0.05) is 22.2 Å². The number of nitrogens with zero attached hydrogens (tertiary/aromatic N) is 1. The van der Waals surface area contributed by atoms with Gasteiger partial charge in [-0.2, -0.15) is 5.10 Å². The van der Waals surface area contributed by atoms with Crippen LogP contribution in [0.1, 0.15) is 27.2 Å². The summed E-state index contributed by atoms with van der Waals surface area (Å²) in [6.07, 6.45) is 1.60. The molecule has 3 aromatic rings. The van der Waals surface area contributed by atoms with Gasteiger partial charge >= 0.3 is 0 Å². The van der Waals surface area contributed by atoms with Gasteiger partial charge in [0.2, 0.25) is 0 Å². The number of benzene rings is 2. The second kappa shape index (κ2) is 6.58. The van der Waals surface area contributed by atoms with E-state index < -0.39 is 0 Å². The van der Waals surface area contributed by atoms with Gasteiger partial charge in [0.05, 0.1) is 13.3 Å². The molecular weight excluding hydrogens is 302 g/mol. The Bertz CT molecular complexity index is 908. The molecule has 0 aliphatic carbocycles. The number of amides is 1. The maximum Gasteiger partial charge on any atom is 0.271 e. The summed E-state index contributed by atoms with van der Waals surface area (Å²) in [7, 11) is 1.62. The van der Waals surface area contributed by atoms with Gasteiger partial charge in [0.25, 0.3) is 5.91 Å². The van der Waals surface area contributed by atoms with Crippen LogP contribution in [0.4, 0.5) is 0 Å². The van der Waals surface area contributed by atoms with Crippen LogP contribution < -0.4 is 10.2 Å². The van der Waals surface area contributed by atoms with Crippen LogP contribution in [-0.4, -0.2) is 24.2 Å². The summed E-state index contributed by atoms with van der Waals surface area (Å²) in [6, 6.07) is 13.0. The summed E-state index contributed by atoms with van der Waals surface area (Å²) in [5.41, 5.74) is 7.31. The van der Waals surface area contributed by atoms with E-state index in [0.717, 1.165) is 33.5 Å². The smallest absolute Gasteiger partial charge is 0.271 e. The third-order valence-corrected chi connectivity index (χ3v) is 4.07. The fourth-order valence-electron chi connectivity index (χ4n) is 2.52. The lowest BCUT2D eigenvalue weighted by molar-refractivity contribution is 0.0955. The Balaban J connectivity index is 1.72. The zero-order valence-corrected chi connectivity index (χ0v) is 13.9. The number of aromatic nitrogens is 1. The second-order valence-corrected chi connectivity index (χ2v) is 5.61. The number of fused-ring (bicyclic) bond motifs is 1. The summed E-state index contributed by atoms with van der Waals surface area (Å²) in [6.45, 7) is 4.06. The van der Waals surface area contributed by atoms with Gasteiger partial charge < -0.3 is 9.72 Å². The van der Waals surface area contributed by atoms with Crippen LogP contribution in [0.25, 0.3) is 10.9 Å². The number of aromatic amines is 1. The molecule has 0 spiro atoms. The van der Waals surface area contributed by atoms with Crippen molar-refractivity contribution in [2.24, 2.45) is 5.10 Å². The van der Waals surface area contributed by atoms with E-state index in [0.29, 0.717) is 5.56 Å². The molecule has 122 valence electrons. The summed E-state index contributed by atoms with van der Waals surface area (Å²) in [5.74, 6) is 0.543. The molecule has 5 nitrogen and oxygen atoms in total. The Morgan fingerprint density at radius 3 is 2.62 bits per heavy atom. The average Bonchev–Trinajstić information content (AvgIpc) is 2.89. The fraction of sp³-hybridized carbons (Fsp3) is 0.158. The van der Waals surface area contributed by atoms with Crippen molar-refractivity contribution in [3.8, 4) is 5.75 Å². The molecular formula is C19H19N3O2. The fourth-order valence-corrected chi connectivity index (χ4v) is 2.52. The maximum atomic E-state index is 12.2. The molecule has 0 atom stereocenters. The van der Waals surface area contributed by atoms with Crippen molar-refractivity contribution in [1.29, 1.82) is 0 Å². The Hall–Kier alpha value is -3.08. The van der Waals surface area contributed by atoms with Gasteiger partial charge in [-0.15, -0.1) is 0 Å². The number of hydrogen-bond acceptors (Lipinski definition) is 3. The van der Waals surface area contributed by atoms with E-state index in [9.17, 15) is 4.79 Å². The van der Waals surface area contributed by atoms with Gasteiger partial charge in [-0.3, -0.25) is 4.79 Å². The standard InChI is InChI=1S/C19H19N3O2/c1-12-13(2)21-18-9-6-15(10-17(12)18)19(23)22-20-11-14-4-7-16(24-3)8-5-14/h4-11,21H,1-3H3,(H,22,23)/b20-11+. The molecule has 0 bridgehead atoms. The first-order chi connectivity index (χ1) is 11.6. The largest absolute Gasteiger partial charge is 0.497 e. The molecule has 1 aromatic heterocycles. The van der Waals surface area contributed by atoms with Crippen LogP contribution in [0.15, 0.2) is 47.6 Å². The zero-order chi connectivity index (χ0) is 17.1. The molecule has 2 aromatic carbocycles. The number of carbonyl (C=O) groups excluding carboxylic acids is 1. The number of rotatable bonds is 4. The number of hydrogen-bond donors (Lipinski definition) is 2. The molecule has 0 unspecified atom stereocenters. The Morgan fingerprint density at radius 1 is 1.17 bits per heavy atom. The first-order valence-electron chi connectivity index (χ1n) is 7.65.